The summed E-state index contributed by atoms with van der Waals surface area (Å²) in [5, 5.41) is 1.67. The molecule has 1 N–H and O–H groups in total. The van der Waals surface area contributed by atoms with Crippen molar-refractivity contribution < 1.29 is 19.2 Å². The summed E-state index contributed by atoms with van der Waals surface area (Å²) in [7, 11) is 1.72. The zero-order valence-corrected chi connectivity index (χ0v) is 6.31. The number of hydrogen-bond donors (Lipinski definition) is 1. The molecule has 0 aromatic carbocycles. The molecule has 0 radical (unpaired) electrons. The Kier molecular flexibility index (Phi) is 1.70. The topological polar surface area (TPSA) is 83.6 Å². The van der Waals surface area contributed by atoms with Crippen LogP contribution < -0.4 is 5.32 Å². The first-order valence-corrected chi connectivity index (χ1v) is 3.04. The van der Waals surface area contributed by atoms with Crippen LogP contribution in [0.1, 0.15) is 0 Å². The molecule has 11 heavy (non-hydrogen) atoms. The molecule has 0 aliphatic carbocycles. The van der Waals surface area contributed by atoms with Gasteiger partial charge in [0.25, 0.3) is 0 Å². The summed E-state index contributed by atoms with van der Waals surface area (Å²) in [4.78, 5) is 42.1. The Morgan fingerprint density at radius 1 is 1.18 bits per heavy atom. The van der Waals surface area contributed by atoms with Crippen LogP contribution in [0.3, 0.4) is 0 Å². The summed E-state index contributed by atoms with van der Waals surface area (Å²) in [6.45, 7) is 0. The number of Topliss-reactive ketones (excluding diaryl/α,β-unsaturated/α-hetero) is 1. The van der Waals surface area contributed by atoms with Crippen molar-refractivity contribution in [1.82, 2.24) is 9.99 Å². The van der Waals surface area contributed by atoms with Crippen molar-refractivity contribution in [2.45, 2.75) is 0 Å². The normalized spacial score (nSPS) is 18.8. The highest BCUT2D eigenvalue weighted by Gasteiger charge is 2.36. The van der Waals surface area contributed by atoms with E-state index in [1.54, 1.807) is 14.7 Å². The molecule has 1 saturated heterocycles. The minimum atomic E-state index is -1.24. The molecule has 0 aromatic heterocycles. The van der Waals surface area contributed by atoms with Gasteiger partial charge in [0, 0.05) is 0 Å². The molecule has 7 heteroatoms. The largest absolute Gasteiger partial charge is 0.334 e. The Bertz CT molecular complexity index is 273. The lowest BCUT2D eigenvalue weighted by Gasteiger charge is -2.17. The average Bonchev–Trinajstić information content (AvgIpc) is 1.97. The third-order valence-electron chi connectivity index (χ3n) is 1.06. The Hall–Kier alpha value is -1.29. The van der Waals surface area contributed by atoms with Crippen LogP contribution in [0, 0.1) is 0 Å². The van der Waals surface area contributed by atoms with Gasteiger partial charge in [-0.3, -0.25) is 19.7 Å². The Morgan fingerprint density at radius 3 is 2.27 bits per heavy atom. The summed E-state index contributed by atoms with van der Waals surface area (Å²) < 4.78 is 0.462. The number of nitrogens with zero attached hydrogens (tertiary/aromatic N) is 1. The van der Waals surface area contributed by atoms with Crippen LogP contribution in [0.2, 0.25) is 0 Å². The van der Waals surface area contributed by atoms with E-state index in [2.05, 4.69) is 0 Å². The zero-order chi connectivity index (χ0) is 8.59. The molecular weight excluding hydrogens is 171 g/mol. The van der Waals surface area contributed by atoms with Crippen molar-refractivity contribution in [3.8, 4) is 0 Å². The minimum Gasteiger partial charge on any atom is -0.277 e. The molecule has 0 aromatic rings. The van der Waals surface area contributed by atoms with E-state index < -0.39 is 23.6 Å². The highest BCUT2D eigenvalue weighted by atomic mass is 31.0. The van der Waals surface area contributed by atoms with Crippen LogP contribution >= 0.6 is 9.39 Å². The maximum Gasteiger partial charge on any atom is 0.334 e. The molecule has 6 nitrogen and oxygen atoms in total. The van der Waals surface area contributed by atoms with Gasteiger partial charge in [-0.05, 0) is 9.39 Å². The van der Waals surface area contributed by atoms with E-state index >= 15 is 0 Å². The quantitative estimate of drug-likeness (QED) is 0.355. The molecule has 1 aliphatic rings. The summed E-state index contributed by atoms with van der Waals surface area (Å²) in [5.41, 5.74) is 0. The van der Waals surface area contributed by atoms with Gasteiger partial charge in [-0.2, -0.15) is 0 Å². The molecule has 1 fully saturated rings. The number of carbonyl (C=O) groups excluding carboxylic acids is 4. The third-order valence-corrected chi connectivity index (χ3v) is 1.53. The summed E-state index contributed by atoms with van der Waals surface area (Å²) >= 11 is 0. The number of carbonyl (C=O) groups is 4. The van der Waals surface area contributed by atoms with Gasteiger partial charge >= 0.3 is 23.6 Å². The maximum absolute atomic E-state index is 10.6. The zero-order valence-electron chi connectivity index (χ0n) is 5.16. The second-order valence-electron chi connectivity index (χ2n) is 1.76. The first kappa shape index (κ1) is 7.81. The molecule has 1 aliphatic heterocycles. The Labute approximate surface area is 63.2 Å². The third kappa shape index (κ3) is 1.12. The molecule has 0 spiro atoms. The molecule has 0 bridgehead atoms. The predicted molar refractivity (Wildman–Crippen MR) is 35.1 cm³/mol. The SMILES string of the molecule is O=C1NC(=O)N(P)C(=O)C1=O. The predicted octanol–water partition coefficient (Wildman–Crippen LogP) is -1.58. The Morgan fingerprint density at radius 2 is 1.73 bits per heavy atom. The molecular formula is C4H3N2O4P. The minimum absolute atomic E-state index is 0.462. The second-order valence-corrected chi connectivity index (χ2v) is 2.28. The smallest absolute Gasteiger partial charge is 0.277 e. The van der Waals surface area contributed by atoms with Crippen LogP contribution in [0.15, 0.2) is 0 Å². The lowest BCUT2D eigenvalue weighted by Crippen LogP contribution is -2.54. The second kappa shape index (κ2) is 2.39. The van der Waals surface area contributed by atoms with Gasteiger partial charge in [-0.15, -0.1) is 0 Å². The number of rotatable bonds is 0. The molecule has 1 atom stereocenters. The van der Waals surface area contributed by atoms with Crippen LogP contribution in [0.4, 0.5) is 4.79 Å². The van der Waals surface area contributed by atoms with Crippen LogP contribution in [-0.2, 0) is 14.4 Å². The van der Waals surface area contributed by atoms with Gasteiger partial charge in [0.05, 0.1) is 0 Å². The fraction of sp³-hybridized carbons (Fsp3) is 0. The number of ketones is 1. The van der Waals surface area contributed by atoms with Gasteiger partial charge in [-0.1, -0.05) is 0 Å². The number of hydrogen-bond acceptors (Lipinski definition) is 4. The number of nitrogens with one attached hydrogen (secondary N) is 1. The summed E-state index contributed by atoms with van der Waals surface area (Å²) in [5.74, 6) is -3.55. The standard InChI is InChI=1S/C4H3N2O4P/c7-1-2(8)5-4(10)6(11)3(1)9/h11H2,(H,5,8,10). The summed E-state index contributed by atoms with van der Waals surface area (Å²) in [6.07, 6.45) is 0. The fourth-order valence-corrected chi connectivity index (χ4v) is 0.695. The molecule has 1 unspecified atom stereocenters. The highest BCUT2D eigenvalue weighted by molar-refractivity contribution is 7.17. The Balaban J connectivity index is 2.96. The van der Waals surface area contributed by atoms with Crippen molar-refractivity contribution >= 4 is 33.0 Å². The molecule has 1 rings (SSSR count). The van der Waals surface area contributed by atoms with E-state index in [9.17, 15) is 19.2 Å². The monoisotopic (exact) mass is 174 g/mol. The van der Waals surface area contributed by atoms with E-state index in [4.69, 9.17) is 0 Å². The number of urea groups is 1. The molecule has 58 valence electrons. The number of barbiturate groups is 1. The molecule has 4 amide bonds. The van der Waals surface area contributed by atoms with Crippen LogP contribution in [0.5, 0.6) is 0 Å². The fourth-order valence-electron chi connectivity index (χ4n) is 0.513. The van der Waals surface area contributed by atoms with Gasteiger partial charge < -0.3 is 0 Å². The first-order chi connectivity index (χ1) is 5.04. The van der Waals surface area contributed by atoms with Gasteiger partial charge in [0.2, 0.25) is 0 Å². The lowest BCUT2D eigenvalue weighted by atomic mass is 10.3. The lowest BCUT2D eigenvalue weighted by molar-refractivity contribution is -0.148. The first-order valence-electron chi connectivity index (χ1n) is 2.52. The van der Waals surface area contributed by atoms with E-state index in [1.807, 2.05) is 0 Å². The molecule has 0 saturated carbocycles. The van der Waals surface area contributed by atoms with Crippen molar-refractivity contribution in [3.05, 3.63) is 0 Å². The van der Waals surface area contributed by atoms with Crippen LogP contribution in [0.25, 0.3) is 0 Å². The molecule has 1 heterocycles. The van der Waals surface area contributed by atoms with Gasteiger partial charge in [0.15, 0.2) is 0 Å². The average molecular weight is 174 g/mol. The van der Waals surface area contributed by atoms with Crippen molar-refractivity contribution in [1.29, 1.82) is 0 Å². The number of imide groups is 2. The van der Waals surface area contributed by atoms with Crippen LogP contribution in [-0.4, -0.2) is 28.3 Å². The van der Waals surface area contributed by atoms with Crippen molar-refractivity contribution in [2.24, 2.45) is 0 Å². The van der Waals surface area contributed by atoms with Crippen molar-refractivity contribution in [2.75, 3.05) is 0 Å². The summed E-state index contributed by atoms with van der Waals surface area (Å²) in [6, 6.07) is -0.912. The highest BCUT2D eigenvalue weighted by Crippen LogP contribution is 2.04. The van der Waals surface area contributed by atoms with Crippen molar-refractivity contribution in [3.63, 3.8) is 0 Å². The van der Waals surface area contributed by atoms with Gasteiger partial charge in [0.1, 0.15) is 0 Å². The number of amides is 4. The van der Waals surface area contributed by atoms with E-state index in [1.165, 1.54) is 0 Å². The van der Waals surface area contributed by atoms with E-state index in [0.717, 1.165) is 0 Å². The maximum atomic E-state index is 10.6. The van der Waals surface area contributed by atoms with E-state index in [0.29, 0.717) is 4.67 Å². The van der Waals surface area contributed by atoms with Gasteiger partial charge in [-0.25, -0.2) is 9.46 Å². The van der Waals surface area contributed by atoms with E-state index in [-0.39, 0.29) is 0 Å².